The van der Waals surface area contributed by atoms with Crippen molar-refractivity contribution in [1.29, 1.82) is 0 Å². The molecule has 29 heavy (non-hydrogen) atoms. The Morgan fingerprint density at radius 1 is 0.931 bits per heavy atom. The summed E-state index contributed by atoms with van der Waals surface area (Å²) in [6, 6.07) is 13.8. The average Bonchev–Trinajstić information content (AvgIpc) is 2.73. The third kappa shape index (κ3) is 6.22. The fraction of sp³-hybridized carbons (Fsp3) is 0.292. The Labute approximate surface area is 172 Å². The fourth-order valence-corrected chi connectivity index (χ4v) is 3.38. The summed E-state index contributed by atoms with van der Waals surface area (Å²) in [6.07, 6.45) is 8.80. The predicted molar refractivity (Wildman–Crippen MR) is 116 cm³/mol. The van der Waals surface area contributed by atoms with Crippen LogP contribution in [-0.4, -0.2) is 29.0 Å². The number of benzene rings is 1. The number of hydrogen-bond donors (Lipinski definition) is 2. The number of carbonyl (C=O) groups excluding carboxylic acids is 1. The van der Waals surface area contributed by atoms with E-state index in [4.69, 9.17) is 0 Å². The maximum atomic E-state index is 13.0. The van der Waals surface area contributed by atoms with Crippen LogP contribution in [0, 0.1) is 13.8 Å². The molecule has 2 N–H and O–H groups in total. The summed E-state index contributed by atoms with van der Waals surface area (Å²) in [5.41, 5.74) is 5.58. The molecule has 3 aromatic rings. The van der Waals surface area contributed by atoms with Gasteiger partial charge in [-0.15, -0.1) is 0 Å². The van der Waals surface area contributed by atoms with Crippen LogP contribution in [0.15, 0.2) is 67.3 Å². The topological polar surface area (TPSA) is 66.9 Å². The first-order valence-electron chi connectivity index (χ1n) is 9.99. The largest absolute Gasteiger partial charge is 0.354 e. The van der Waals surface area contributed by atoms with Crippen LogP contribution < -0.4 is 10.6 Å². The Bertz CT molecular complexity index is 913. The lowest BCUT2D eigenvalue weighted by molar-refractivity contribution is -0.123. The van der Waals surface area contributed by atoms with Crippen molar-refractivity contribution < 1.29 is 4.79 Å². The van der Waals surface area contributed by atoms with Gasteiger partial charge in [0.25, 0.3) is 0 Å². The number of amides is 1. The van der Waals surface area contributed by atoms with E-state index in [-0.39, 0.29) is 11.9 Å². The molecule has 0 saturated heterocycles. The summed E-state index contributed by atoms with van der Waals surface area (Å²) in [5, 5.41) is 6.52. The third-order valence-corrected chi connectivity index (χ3v) is 4.92. The monoisotopic (exact) mass is 388 g/mol. The molecule has 0 bridgehead atoms. The molecule has 150 valence electrons. The molecule has 5 heteroatoms. The molecule has 2 heterocycles. The summed E-state index contributed by atoms with van der Waals surface area (Å²) in [7, 11) is 0. The number of carbonyl (C=O) groups is 1. The van der Waals surface area contributed by atoms with Crippen LogP contribution in [-0.2, 0) is 17.6 Å². The van der Waals surface area contributed by atoms with Crippen molar-refractivity contribution in [2.24, 2.45) is 0 Å². The van der Waals surface area contributed by atoms with Crippen LogP contribution in [0.25, 0.3) is 0 Å². The van der Waals surface area contributed by atoms with E-state index >= 15 is 0 Å². The number of nitrogens with zero attached hydrogens (tertiary/aromatic N) is 2. The van der Waals surface area contributed by atoms with Crippen LogP contribution >= 0.6 is 0 Å². The number of hydrogen-bond acceptors (Lipinski definition) is 4. The molecule has 3 rings (SSSR count). The van der Waals surface area contributed by atoms with Crippen LogP contribution in [0.2, 0.25) is 0 Å². The summed E-state index contributed by atoms with van der Waals surface area (Å²) >= 11 is 0. The maximum absolute atomic E-state index is 13.0. The van der Waals surface area contributed by atoms with Crippen molar-refractivity contribution in [2.45, 2.75) is 32.7 Å². The van der Waals surface area contributed by atoms with Gasteiger partial charge in [0.15, 0.2) is 0 Å². The zero-order valence-corrected chi connectivity index (χ0v) is 17.1. The van der Waals surface area contributed by atoms with Gasteiger partial charge in [-0.1, -0.05) is 35.9 Å². The second kappa shape index (κ2) is 10.5. The Hall–Kier alpha value is -3.05. The van der Waals surface area contributed by atoms with Crippen LogP contribution in [0.5, 0.6) is 0 Å². The molecular weight excluding hydrogens is 360 g/mol. The van der Waals surface area contributed by atoms with Crippen molar-refractivity contribution in [3.8, 4) is 0 Å². The molecule has 1 atom stereocenters. The molecule has 0 radical (unpaired) electrons. The number of aryl methyl sites for hydroxylation is 2. The zero-order chi connectivity index (χ0) is 20.5. The van der Waals surface area contributed by atoms with E-state index in [1.165, 1.54) is 5.56 Å². The van der Waals surface area contributed by atoms with Crippen molar-refractivity contribution >= 4 is 5.91 Å². The summed E-state index contributed by atoms with van der Waals surface area (Å²) in [5.74, 6) is -0.00738. The second-order valence-electron chi connectivity index (χ2n) is 7.26. The Morgan fingerprint density at radius 2 is 1.59 bits per heavy atom. The normalized spacial score (nSPS) is 11.8. The molecule has 0 spiro atoms. The Balaban J connectivity index is 1.65. The van der Waals surface area contributed by atoms with E-state index < -0.39 is 0 Å². The summed E-state index contributed by atoms with van der Waals surface area (Å²) in [4.78, 5) is 21.3. The number of rotatable bonds is 9. The predicted octanol–water partition coefficient (Wildman–Crippen LogP) is 3.33. The average molecular weight is 389 g/mol. The Kier molecular flexibility index (Phi) is 7.47. The number of nitrogens with one attached hydrogen (secondary N) is 2. The van der Waals surface area contributed by atoms with E-state index in [1.807, 2.05) is 36.7 Å². The van der Waals surface area contributed by atoms with Gasteiger partial charge in [0, 0.05) is 37.9 Å². The van der Waals surface area contributed by atoms with Gasteiger partial charge < -0.3 is 10.6 Å². The van der Waals surface area contributed by atoms with Gasteiger partial charge in [0.1, 0.15) is 6.04 Å². The van der Waals surface area contributed by atoms with Crippen molar-refractivity contribution in [3.63, 3.8) is 0 Å². The molecule has 0 aliphatic heterocycles. The second-order valence-corrected chi connectivity index (χ2v) is 7.26. The van der Waals surface area contributed by atoms with E-state index in [0.717, 1.165) is 35.1 Å². The van der Waals surface area contributed by atoms with Crippen molar-refractivity contribution in [2.75, 3.05) is 13.1 Å². The highest BCUT2D eigenvalue weighted by Crippen LogP contribution is 2.19. The smallest absolute Gasteiger partial charge is 0.241 e. The first kappa shape index (κ1) is 20.7. The summed E-state index contributed by atoms with van der Waals surface area (Å²) in [6.45, 7) is 5.40. The zero-order valence-electron chi connectivity index (χ0n) is 17.1. The lowest BCUT2D eigenvalue weighted by Crippen LogP contribution is -2.39. The van der Waals surface area contributed by atoms with Gasteiger partial charge in [0.2, 0.25) is 5.91 Å². The molecule has 0 aliphatic carbocycles. The first-order valence-corrected chi connectivity index (χ1v) is 9.99. The maximum Gasteiger partial charge on any atom is 0.241 e. The number of aromatic nitrogens is 2. The van der Waals surface area contributed by atoms with Crippen molar-refractivity contribution in [1.82, 2.24) is 20.6 Å². The molecule has 2 aromatic heterocycles. The van der Waals surface area contributed by atoms with Crippen LogP contribution in [0.4, 0.5) is 0 Å². The molecule has 1 unspecified atom stereocenters. The molecular formula is C24H28N4O. The van der Waals surface area contributed by atoms with E-state index in [1.54, 1.807) is 12.4 Å². The van der Waals surface area contributed by atoms with Crippen LogP contribution in [0.1, 0.15) is 33.9 Å². The lowest BCUT2D eigenvalue weighted by Gasteiger charge is -2.21. The van der Waals surface area contributed by atoms with E-state index in [2.05, 4.69) is 52.6 Å². The molecule has 0 aliphatic rings. The molecule has 0 fully saturated rings. The summed E-state index contributed by atoms with van der Waals surface area (Å²) < 4.78 is 0. The Morgan fingerprint density at radius 3 is 2.17 bits per heavy atom. The standard InChI is InChI=1S/C24H28N4O/c1-18-7-8-22(19(2)15-18)23(27-13-9-20-5-3-11-25-16-20)24(29)28-14-10-21-6-4-12-26-17-21/h3-8,11-12,15-17,23,27H,9-10,13-14H2,1-2H3,(H,28,29). The molecule has 5 nitrogen and oxygen atoms in total. The van der Waals surface area contributed by atoms with Gasteiger partial charge in [0.05, 0.1) is 0 Å². The van der Waals surface area contributed by atoms with Crippen LogP contribution in [0.3, 0.4) is 0 Å². The van der Waals surface area contributed by atoms with Gasteiger partial charge in [-0.2, -0.15) is 0 Å². The molecule has 1 aromatic carbocycles. The number of pyridine rings is 2. The highest BCUT2D eigenvalue weighted by Gasteiger charge is 2.21. The van der Waals surface area contributed by atoms with Crippen molar-refractivity contribution in [3.05, 3.63) is 95.1 Å². The quantitative estimate of drug-likeness (QED) is 0.590. The minimum atomic E-state index is -0.388. The third-order valence-electron chi connectivity index (χ3n) is 4.92. The molecule has 1 amide bonds. The molecule has 0 saturated carbocycles. The van der Waals surface area contributed by atoms with Gasteiger partial charge in [-0.3, -0.25) is 14.8 Å². The lowest BCUT2D eigenvalue weighted by atomic mass is 9.98. The minimum absolute atomic E-state index is 0.00738. The highest BCUT2D eigenvalue weighted by atomic mass is 16.2. The van der Waals surface area contributed by atoms with Gasteiger partial charge >= 0.3 is 0 Å². The first-order chi connectivity index (χ1) is 14.1. The van der Waals surface area contributed by atoms with E-state index in [9.17, 15) is 4.79 Å². The highest BCUT2D eigenvalue weighted by molar-refractivity contribution is 5.83. The SMILES string of the molecule is Cc1ccc(C(NCCc2cccnc2)C(=O)NCCc2cccnc2)c(C)c1. The minimum Gasteiger partial charge on any atom is -0.354 e. The van der Waals surface area contributed by atoms with E-state index in [0.29, 0.717) is 13.1 Å². The van der Waals surface area contributed by atoms with Gasteiger partial charge in [-0.05, 0) is 61.1 Å². The van der Waals surface area contributed by atoms with Gasteiger partial charge in [-0.25, -0.2) is 0 Å². The fourth-order valence-electron chi connectivity index (χ4n) is 3.38.